The van der Waals surface area contributed by atoms with Crippen molar-refractivity contribution >= 4 is 17.5 Å². The van der Waals surface area contributed by atoms with Crippen molar-refractivity contribution in [2.45, 2.75) is 13.0 Å². The van der Waals surface area contributed by atoms with Crippen molar-refractivity contribution in [2.24, 2.45) is 0 Å². The van der Waals surface area contributed by atoms with Crippen LogP contribution < -0.4 is 20.3 Å². The second kappa shape index (κ2) is 8.47. The maximum absolute atomic E-state index is 12.1. The van der Waals surface area contributed by atoms with E-state index in [1.165, 1.54) is 38.3 Å². The summed E-state index contributed by atoms with van der Waals surface area (Å²) in [5.41, 5.74) is 4.44. The Morgan fingerprint density at radius 2 is 1.65 bits per heavy atom. The van der Waals surface area contributed by atoms with E-state index in [4.69, 9.17) is 9.47 Å². The Morgan fingerprint density at radius 3 is 2.31 bits per heavy atom. The molecule has 1 atom stereocenters. The molecule has 0 radical (unpaired) electrons. The molecule has 0 saturated heterocycles. The first-order chi connectivity index (χ1) is 12.4. The highest BCUT2D eigenvalue weighted by Gasteiger charge is 2.21. The molecule has 2 rings (SSSR count). The molecule has 9 heteroatoms. The molecule has 0 unspecified atom stereocenters. The van der Waals surface area contributed by atoms with Crippen LogP contribution in [-0.2, 0) is 4.79 Å². The molecule has 0 aliphatic carbocycles. The summed E-state index contributed by atoms with van der Waals surface area (Å²) in [7, 11) is 1.42. The molecular weight excluding hydrogens is 342 g/mol. The van der Waals surface area contributed by atoms with Crippen LogP contribution >= 0.6 is 0 Å². The summed E-state index contributed by atoms with van der Waals surface area (Å²) in [5.74, 6) is -0.945. The summed E-state index contributed by atoms with van der Waals surface area (Å²) in [5, 5.41) is 11.0. The first-order valence-electron chi connectivity index (χ1n) is 7.57. The van der Waals surface area contributed by atoms with Gasteiger partial charge in [-0.05, 0) is 25.1 Å². The maximum atomic E-state index is 12.1. The zero-order valence-electron chi connectivity index (χ0n) is 14.1. The summed E-state index contributed by atoms with van der Waals surface area (Å²) < 4.78 is 10.4. The van der Waals surface area contributed by atoms with Crippen LogP contribution in [-0.4, -0.2) is 30.0 Å². The second-order valence-electron chi connectivity index (χ2n) is 5.13. The van der Waals surface area contributed by atoms with Crippen LogP contribution in [0.25, 0.3) is 0 Å². The number of hydrogen-bond acceptors (Lipinski definition) is 6. The Morgan fingerprint density at radius 1 is 1.04 bits per heavy atom. The SMILES string of the molecule is COc1ccccc1C(=O)NNC(=O)[C@@H](C)Oc1ccccc1[N+](=O)[O-]. The molecule has 0 aliphatic rings. The predicted molar refractivity (Wildman–Crippen MR) is 91.8 cm³/mol. The molecule has 0 saturated carbocycles. The summed E-state index contributed by atoms with van der Waals surface area (Å²) in [6.07, 6.45) is -1.07. The lowest BCUT2D eigenvalue weighted by Crippen LogP contribution is -2.47. The fraction of sp³-hybridized carbons (Fsp3) is 0.176. The lowest BCUT2D eigenvalue weighted by Gasteiger charge is -2.15. The van der Waals surface area contributed by atoms with Crippen molar-refractivity contribution in [3.63, 3.8) is 0 Å². The third-order valence-corrected chi connectivity index (χ3v) is 3.39. The average Bonchev–Trinajstić information content (AvgIpc) is 2.65. The number of nitrogens with one attached hydrogen (secondary N) is 2. The summed E-state index contributed by atoms with van der Waals surface area (Å²) >= 11 is 0. The summed E-state index contributed by atoms with van der Waals surface area (Å²) in [6.45, 7) is 1.40. The number of nitro benzene ring substituents is 1. The van der Waals surface area contributed by atoms with Crippen molar-refractivity contribution in [3.05, 3.63) is 64.2 Å². The topological polar surface area (TPSA) is 120 Å². The Hall–Kier alpha value is -3.62. The minimum Gasteiger partial charge on any atom is -0.496 e. The number of para-hydroxylation sites is 3. The van der Waals surface area contributed by atoms with E-state index in [0.29, 0.717) is 5.75 Å². The molecule has 2 N–H and O–H groups in total. The van der Waals surface area contributed by atoms with Gasteiger partial charge in [-0.3, -0.25) is 30.6 Å². The van der Waals surface area contributed by atoms with E-state index in [9.17, 15) is 19.7 Å². The van der Waals surface area contributed by atoms with E-state index in [1.54, 1.807) is 24.3 Å². The molecule has 0 spiro atoms. The fourth-order valence-corrected chi connectivity index (χ4v) is 2.07. The quantitative estimate of drug-likeness (QED) is 0.600. The molecule has 0 heterocycles. The highest BCUT2D eigenvalue weighted by Crippen LogP contribution is 2.26. The van der Waals surface area contributed by atoms with E-state index in [-0.39, 0.29) is 17.0 Å². The van der Waals surface area contributed by atoms with E-state index < -0.39 is 22.8 Å². The molecule has 26 heavy (non-hydrogen) atoms. The van der Waals surface area contributed by atoms with Gasteiger partial charge in [-0.25, -0.2) is 0 Å². The standard InChI is InChI=1S/C17H17N3O6/c1-11(26-15-10-6-4-8-13(15)20(23)24)16(21)18-19-17(22)12-7-3-5-9-14(12)25-2/h3-11H,1-2H3,(H,18,21)(H,19,22)/t11-/m1/s1. The molecule has 0 fully saturated rings. The van der Waals surface area contributed by atoms with Crippen molar-refractivity contribution in [1.29, 1.82) is 0 Å². The Bertz CT molecular complexity index is 824. The van der Waals surface area contributed by atoms with E-state index in [2.05, 4.69) is 10.9 Å². The number of hydrogen-bond donors (Lipinski definition) is 2. The van der Waals surface area contributed by atoms with Crippen LogP contribution in [0.4, 0.5) is 5.69 Å². The maximum Gasteiger partial charge on any atom is 0.310 e. The van der Waals surface area contributed by atoms with E-state index >= 15 is 0 Å². The Labute approximate surface area is 149 Å². The minimum atomic E-state index is -1.07. The first kappa shape index (κ1) is 18.7. The van der Waals surface area contributed by atoms with Crippen LogP contribution in [0.15, 0.2) is 48.5 Å². The normalized spacial score (nSPS) is 11.2. The molecule has 0 aliphatic heterocycles. The fourth-order valence-electron chi connectivity index (χ4n) is 2.07. The van der Waals surface area contributed by atoms with Gasteiger partial charge in [-0.15, -0.1) is 0 Å². The van der Waals surface area contributed by atoms with Crippen molar-refractivity contribution in [1.82, 2.24) is 10.9 Å². The van der Waals surface area contributed by atoms with Gasteiger partial charge < -0.3 is 9.47 Å². The van der Waals surface area contributed by atoms with Crippen LogP contribution in [0.3, 0.4) is 0 Å². The monoisotopic (exact) mass is 359 g/mol. The van der Waals surface area contributed by atoms with Gasteiger partial charge in [0.1, 0.15) is 5.75 Å². The highest BCUT2D eigenvalue weighted by atomic mass is 16.6. The number of hydrazine groups is 1. The lowest BCUT2D eigenvalue weighted by atomic mass is 10.2. The average molecular weight is 359 g/mol. The van der Waals surface area contributed by atoms with Gasteiger partial charge in [0, 0.05) is 6.07 Å². The molecule has 2 aromatic rings. The van der Waals surface area contributed by atoms with Crippen LogP contribution in [0.1, 0.15) is 17.3 Å². The van der Waals surface area contributed by atoms with Crippen molar-refractivity contribution < 1.29 is 24.0 Å². The number of benzene rings is 2. The summed E-state index contributed by atoms with van der Waals surface area (Å²) in [4.78, 5) is 34.5. The molecule has 0 bridgehead atoms. The number of rotatable bonds is 6. The zero-order valence-corrected chi connectivity index (χ0v) is 14.1. The number of carbonyl (C=O) groups is 2. The third-order valence-electron chi connectivity index (χ3n) is 3.39. The van der Waals surface area contributed by atoms with Crippen LogP contribution in [0.2, 0.25) is 0 Å². The number of ether oxygens (including phenoxy) is 2. The number of methoxy groups -OCH3 is 1. The predicted octanol–water partition coefficient (Wildman–Crippen LogP) is 1.83. The lowest BCUT2D eigenvalue weighted by molar-refractivity contribution is -0.386. The van der Waals surface area contributed by atoms with E-state index in [0.717, 1.165) is 0 Å². The van der Waals surface area contributed by atoms with Crippen molar-refractivity contribution in [2.75, 3.05) is 7.11 Å². The number of carbonyl (C=O) groups excluding carboxylic acids is 2. The van der Waals surface area contributed by atoms with Gasteiger partial charge >= 0.3 is 5.69 Å². The molecule has 9 nitrogen and oxygen atoms in total. The van der Waals surface area contributed by atoms with Gasteiger partial charge in [-0.1, -0.05) is 24.3 Å². The molecule has 0 aromatic heterocycles. The van der Waals surface area contributed by atoms with Gasteiger partial charge in [-0.2, -0.15) is 0 Å². The first-order valence-corrected chi connectivity index (χ1v) is 7.57. The molecule has 2 aromatic carbocycles. The molecular formula is C17H17N3O6. The third kappa shape index (κ3) is 4.47. The Balaban J connectivity index is 1.97. The van der Waals surface area contributed by atoms with E-state index in [1.807, 2.05) is 0 Å². The molecule has 136 valence electrons. The highest BCUT2D eigenvalue weighted by molar-refractivity contribution is 5.98. The second-order valence-corrected chi connectivity index (χ2v) is 5.13. The largest absolute Gasteiger partial charge is 0.496 e. The summed E-state index contributed by atoms with van der Waals surface area (Å²) in [6, 6.07) is 12.2. The number of nitro groups is 1. The van der Waals surface area contributed by atoms with Gasteiger partial charge in [0.05, 0.1) is 17.6 Å². The van der Waals surface area contributed by atoms with Crippen LogP contribution in [0, 0.1) is 10.1 Å². The van der Waals surface area contributed by atoms with Gasteiger partial charge in [0.25, 0.3) is 11.8 Å². The smallest absolute Gasteiger partial charge is 0.310 e. The molecule has 2 amide bonds. The number of nitrogens with zero attached hydrogens (tertiary/aromatic N) is 1. The minimum absolute atomic E-state index is 0.0452. The van der Waals surface area contributed by atoms with Crippen LogP contribution in [0.5, 0.6) is 11.5 Å². The van der Waals surface area contributed by atoms with Gasteiger partial charge in [0.15, 0.2) is 11.9 Å². The zero-order chi connectivity index (χ0) is 19.1. The van der Waals surface area contributed by atoms with Crippen molar-refractivity contribution in [3.8, 4) is 11.5 Å². The number of amides is 2. The Kier molecular flexibility index (Phi) is 6.10. The van der Waals surface area contributed by atoms with Gasteiger partial charge in [0.2, 0.25) is 0 Å².